The number of hydrogen-bond donors (Lipinski definition) is 1. The third-order valence-corrected chi connectivity index (χ3v) is 6.50. The molecule has 0 saturated carbocycles. The number of rotatable bonds is 4. The maximum Gasteiger partial charge on any atom is 0.414 e. The van der Waals surface area contributed by atoms with Gasteiger partial charge in [-0.15, -0.1) is 0 Å². The van der Waals surface area contributed by atoms with Crippen LogP contribution < -0.4 is 9.64 Å². The lowest BCUT2D eigenvalue weighted by Crippen LogP contribution is -2.34. The predicted molar refractivity (Wildman–Crippen MR) is 134 cm³/mol. The van der Waals surface area contributed by atoms with Crippen LogP contribution in [0.25, 0.3) is 21.9 Å². The summed E-state index contributed by atoms with van der Waals surface area (Å²) in [7, 11) is -2.43. The number of nitrogens with zero attached hydrogens (tertiary/aromatic N) is 5. The minimum Gasteiger partial charge on any atom is -0.443 e. The average molecular weight is 581 g/mol. The number of carbonyl (C=O) groups excluding carboxylic acids is 1. The Hall–Kier alpha value is -3.39. The van der Waals surface area contributed by atoms with Crippen LogP contribution in [0.15, 0.2) is 28.1 Å². The number of carbonyl (C=O) groups is 1. The molecule has 0 atom stereocenters. The van der Waals surface area contributed by atoms with E-state index in [1.54, 1.807) is 27.7 Å². The molecule has 11 nitrogen and oxygen atoms in total. The fourth-order valence-electron chi connectivity index (χ4n) is 3.31. The Kier molecular flexibility index (Phi) is 6.37. The Bertz CT molecular complexity index is 1620. The topological polar surface area (TPSA) is 140 Å². The highest BCUT2D eigenvalue weighted by Gasteiger charge is 2.28. The number of nitrogens with one attached hydrogen (secondary N) is 1. The second-order valence-electron chi connectivity index (χ2n) is 8.98. The second kappa shape index (κ2) is 8.92. The van der Waals surface area contributed by atoms with Crippen molar-refractivity contribution >= 4 is 59.5 Å². The van der Waals surface area contributed by atoms with Crippen LogP contribution >= 0.6 is 15.9 Å². The van der Waals surface area contributed by atoms with Gasteiger partial charge in [0.15, 0.2) is 5.75 Å². The van der Waals surface area contributed by atoms with E-state index in [9.17, 15) is 13.2 Å². The van der Waals surface area contributed by atoms with E-state index >= 15 is 4.39 Å². The summed E-state index contributed by atoms with van der Waals surface area (Å²) in [6.07, 6.45) is 3.01. The van der Waals surface area contributed by atoms with Gasteiger partial charge < -0.3 is 14.5 Å². The molecule has 0 aliphatic carbocycles. The molecule has 0 bridgehead atoms. The fraction of sp³-hybridized carbons (Fsp3) is 0.318. The summed E-state index contributed by atoms with van der Waals surface area (Å²) in [5.74, 6) is -0.186. The van der Waals surface area contributed by atoms with Crippen LogP contribution in [0.4, 0.5) is 14.9 Å². The first-order valence-electron chi connectivity index (χ1n) is 10.5. The van der Waals surface area contributed by atoms with E-state index in [0.29, 0.717) is 5.82 Å². The summed E-state index contributed by atoms with van der Waals surface area (Å²) >= 11 is 3.25. The number of amides is 1. The number of aryl methyl sites for hydroxylation is 1. The lowest BCUT2D eigenvalue weighted by molar-refractivity contribution is 0.0589. The molecule has 1 amide bonds. The number of anilines is 1. The third-order valence-electron chi connectivity index (χ3n) is 4.88. The SMILES string of the molecule is Cc1ncc(Oc2nc(S(C)(=O)=O)nc3[nH]c4c(N(C)C(=O)OC(C)(C)C)cc(F)c(Br)c4c23)cn1. The second-order valence-corrected chi connectivity index (χ2v) is 11.7. The zero-order chi connectivity index (χ0) is 26.6. The molecular weight excluding hydrogens is 559 g/mol. The van der Waals surface area contributed by atoms with Crippen molar-refractivity contribution in [3.8, 4) is 11.6 Å². The molecule has 0 aliphatic heterocycles. The number of aromatic amines is 1. The highest BCUT2D eigenvalue weighted by molar-refractivity contribution is 9.10. The van der Waals surface area contributed by atoms with Gasteiger partial charge in [-0.05, 0) is 43.6 Å². The number of benzene rings is 1. The Balaban J connectivity index is 2.02. The van der Waals surface area contributed by atoms with Crippen molar-refractivity contribution in [3.05, 3.63) is 34.6 Å². The van der Waals surface area contributed by atoms with Crippen molar-refractivity contribution in [1.29, 1.82) is 0 Å². The van der Waals surface area contributed by atoms with E-state index in [4.69, 9.17) is 9.47 Å². The summed E-state index contributed by atoms with van der Waals surface area (Å²) in [6.45, 7) is 6.82. The Morgan fingerprint density at radius 2 is 1.81 bits per heavy atom. The number of H-pyrrole nitrogens is 1. The van der Waals surface area contributed by atoms with Crippen molar-refractivity contribution in [2.75, 3.05) is 18.2 Å². The van der Waals surface area contributed by atoms with E-state index in [0.717, 1.165) is 17.2 Å². The molecule has 190 valence electrons. The molecule has 0 fully saturated rings. The minimum atomic E-state index is -3.86. The van der Waals surface area contributed by atoms with Crippen molar-refractivity contribution in [2.24, 2.45) is 0 Å². The molecular formula is C22H22BrFN6O5S. The van der Waals surface area contributed by atoms with Crippen LogP contribution in [0.5, 0.6) is 11.6 Å². The Labute approximate surface area is 214 Å². The van der Waals surface area contributed by atoms with Crippen LogP contribution in [-0.4, -0.2) is 58.3 Å². The molecule has 4 rings (SSSR count). The zero-order valence-corrected chi connectivity index (χ0v) is 22.6. The van der Waals surface area contributed by atoms with E-state index in [-0.39, 0.29) is 43.7 Å². The van der Waals surface area contributed by atoms with E-state index in [2.05, 4.69) is 40.8 Å². The molecule has 4 aromatic rings. The third kappa shape index (κ3) is 4.95. The molecule has 0 unspecified atom stereocenters. The molecule has 0 spiro atoms. The lowest BCUT2D eigenvalue weighted by atomic mass is 10.1. The van der Waals surface area contributed by atoms with Crippen LogP contribution in [-0.2, 0) is 14.6 Å². The van der Waals surface area contributed by atoms with E-state index < -0.39 is 32.5 Å². The van der Waals surface area contributed by atoms with Gasteiger partial charge in [-0.25, -0.2) is 27.6 Å². The molecule has 0 radical (unpaired) electrons. The lowest BCUT2D eigenvalue weighted by Gasteiger charge is -2.25. The first kappa shape index (κ1) is 25.7. The van der Waals surface area contributed by atoms with Crippen molar-refractivity contribution in [2.45, 2.75) is 38.5 Å². The molecule has 1 N–H and O–H groups in total. The van der Waals surface area contributed by atoms with Gasteiger partial charge in [0.2, 0.25) is 15.7 Å². The Morgan fingerprint density at radius 3 is 2.39 bits per heavy atom. The number of ether oxygens (including phenoxy) is 2. The van der Waals surface area contributed by atoms with E-state index in [1.165, 1.54) is 19.4 Å². The maximum atomic E-state index is 15.1. The molecule has 14 heteroatoms. The molecule has 36 heavy (non-hydrogen) atoms. The number of aromatic nitrogens is 5. The van der Waals surface area contributed by atoms with Crippen LogP contribution in [0, 0.1) is 12.7 Å². The normalized spacial score (nSPS) is 12.2. The van der Waals surface area contributed by atoms with Crippen LogP contribution in [0.1, 0.15) is 26.6 Å². The van der Waals surface area contributed by atoms with Gasteiger partial charge >= 0.3 is 6.09 Å². The first-order chi connectivity index (χ1) is 16.7. The summed E-state index contributed by atoms with van der Waals surface area (Å²) in [5.41, 5.74) is -0.333. The van der Waals surface area contributed by atoms with Gasteiger partial charge in [0, 0.05) is 24.8 Å². The smallest absolute Gasteiger partial charge is 0.414 e. The molecule has 0 aliphatic rings. The van der Waals surface area contributed by atoms with Gasteiger partial charge in [0.25, 0.3) is 5.16 Å². The zero-order valence-electron chi connectivity index (χ0n) is 20.2. The van der Waals surface area contributed by atoms with Crippen molar-refractivity contribution < 1.29 is 27.1 Å². The van der Waals surface area contributed by atoms with Gasteiger partial charge in [-0.1, -0.05) is 0 Å². The average Bonchev–Trinajstić information content (AvgIpc) is 3.15. The van der Waals surface area contributed by atoms with Crippen molar-refractivity contribution in [1.82, 2.24) is 24.9 Å². The fourth-order valence-corrected chi connectivity index (χ4v) is 4.32. The molecule has 1 aromatic carbocycles. The number of sulfone groups is 1. The summed E-state index contributed by atoms with van der Waals surface area (Å²) in [5, 5.41) is -0.0927. The summed E-state index contributed by atoms with van der Waals surface area (Å²) < 4.78 is 51.0. The Morgan fingerprint density at radius 1 is 1.17 bits per heavy atom. The van der Waals surface area contributed by atoms with E-state index in [1.807, 2.05) is 0 Å². The van der Waals surface area contributed by atoms with Crippen LogP contribution in [0.3, 0.4) is 0 Å². The highest BCUT2D eigenvalue weighted by Crippen LogP contribution is 2.42. The molecule has 0 saturated heterocycles. The number of hydrogen-bond acceptors (Lipinski definition) is 9. The number of halogens is 2. The quantitative estimate of drug-likeness (QED) is 0.340. The van der Waals surface area contributed by atoms with Gasteiger partial charge in [-0.3, -0.25) is 4.90 Å². The summed E-state index contributed by atoms with van der Waals surface area (Å²) in [6, 6.07) is 1.14. The van der Waals surface area contributed by atoms with Gasteiger partial charge in [-0.2, -0.15) is 9.97 Å². The molecule has 3 aromatic heterocycles. The first-order valence-corrected chi connectivity index (χ1v) is 13.2. The molecule has 3 heterocycles. The van der Waals surface area contributed by atoms with Crippen molar-refractivity contribution in [3.63, 3.8) is 0 Å². The predicted octanol–water partition coefficient (Wildman–Crippen LogP) is 4.68. The van der Waals surface area contributed by atoms with Gasteiger partial charge in [0.05, 0.1) is 33.5 Å². The minimum absolute atomic E-state index is 0.0331. The standard InChI is InChI=1S/C22H22BrFN6O5S/c1-10-25-8-11(9-26-10)34-19-15-14-16(23)12(24)7-13(30(5)21(31)35-22(2,3)4)17(14)27-18(15)28-20(29-19)36(6,32)33/h7-9H,1-6H3,(H,27,28,29). The maximum absolute atomic E-state index is 15.1. The van der Waals surface area contributed by atoms with Gasteiger partial charge in [0.1, 0.15) is 22.9 Å². The monoisotopic (exact) mass is 580 g/mol. The highest BCUT2D eigenvalue weighted by atomic mass is 79.9. The number of fused-ring (bicyclic) bond motifs is 3. The largest absolute Gasteiger partial charge is 0.443 e. The summed E-state index contributed by atoms with van der Waals surface area (Å²) in [4.78, 5) is 33.2. The van der Waals surface area contributed by atoms with Crippen LogP contribution in [0.2, 0.25) is 0 Å².